The summed E-state index contributed by atoms with van der Waals surface area (Å²) in [5, 5.41) is 3.97. The van der Waals surface area contributed by atoms with E-state index in [0.717, 1.165) is 42.1 Å². The quantitative estimate of drug-likeness (QED) is 0.402. The van der Waals surface area contributed by atoms with E-state index in [1.165, 1.54) is 4.90 Å². The molecule has 0 bridgehead atoms. The summed E-state index contributed by atoms with van der Waals surface area (Å²) in [7, 11) is 0. The van der Waals surface area contributed by atoms with Gasteiger partial charge < -0.3 is 15.0 Å². The molecule has 0 aliphatic heterocycles. The highest BCUT2D eigenvalue weighted by atomic mass is 79.9. The first kappa shape index (κ1) is 25.9. The number of hydrogen-bond acceptors (Lipinski definition) is 3. The number of rotatable bonds is 9. The van der Waals surface area contributed by atoms with E-state index in [-0.39, 0.29) is 31.0 Å². The topological polar surface area (TPSA) is 58.6 Å². The maximum absolute atomic E-state index is 13.3. The number of nitrogens with zero attached hydrogens (tertiary/aromatic N) is 1. The third kappa shape index (κ3) is 6.87. The third-order valence-electron chi connectivity index (χ3n) is 6.01. The maximum Gasteiger partial charge on any atom is 0.261 e. The van der Waals surface area contributed by atoms with Crippen molar-refractivity contribution >= 4 is 50.9 Å². The fourth-order valence-corrected chi connectivity index (χ4v) is 4.99. The Balaban J connectivity index is 1.77. The standard InChI is InChI=1S/C25H29BrCl2N2O3/c1-3-17-11-12-23(20(26)13-17)33-15-24(31)30(14-19-21(27)9-6-10-22(19)28)16(2)25(32)29-18-7-4-5-8-18/h6,9-13,16,18H,3-5,7-8,14-15H2,1-2H3,(H,29,32). The van der Waals surface area contributed by atoms with Crippen LogP contribution in [0, 0.1) is 0 Å². The molecule has 1 atom stereocenters. The summed E-state index contributed by atoms with van der Waals surface area (Å²) in [4.78, 5) is 27.7. The van der Waals surface area contributed by atoms with Crippen molar-refractivity contribution in [2.75, 3.05) is 6.61 Å². The van der Waals surface area contributed by atoms with Gasteiger partial charge in [-0.25, -0.2) is 0 Å². The summed E-state index contributed by atoms with van der Waals surface area (Å²) in [6.07, 6.45) is 5.05. The highest BCUT2D eigenvalue weighted by molar-refractivity contribution is 9.10. The number of amides is 2. The second-order valence-corrected chi connectivity index (χ2v) is 9.96. The Morgan fingerprint density at radius 3 is 2.45 bits per heavy atom. The van der Waals surface area contributed by atoms with Crippen LogP contribution in [0.15, 0.2) is 40.9 Å². The molecule has 8 heteroatoms. The number of hydrogen-bond donors (Lipinski definition) is 1. The van der Waals surface area contributed by atoms with Crippen LogP contribution in [0.2, 0.25) is 10.0 Å². The van der Waals surface area contributed by atoms with Crippen LogP contribution >= 0.6 is 39.1 Å². The van der Waals surface area contributed by atoms with Gasteiger partial charge in [0.1, 0.15) is 11.8 Å². The van der Waals surface area contributed by atoms with Crippen LogP contribution < -0.4 is 10.1 Å². The van der Waals surface area contributed by atoms with Crippen molar-refractivity contribution in [1.82, 2.24) is 10.2 Å². The average molecular weight is 556 g/mol. The van der Waals surface area contributed by atoms with Crippen molar-refractivity contribution in [2.24, 2.45) is 0 Å². The van der Waals surface area contributed by atoms with Gasteiger partial charge >= 0.3 is 0 Å². The number of carbonyl (C=O) groups is 2. The lowest BCUT2D eigenvalue weighted by atomic mass is 10.1. The molecular weight excluding hydrogens is 527 g/mol. The van der Waals surface area contributed by atoms with Crippen molar-refractivity contribution in [3.05, 3.63) is 62.0 Å². The first-order valence-corrected chi connectivity index (χ1v) is 12.8. The molecule has 1 fully saturated rings. The molecule has 2 aromatic rings. The van der Waals surface area contributed by atoms with Gasteiger partial charge in [-0.2, -0.15) is 0 Å². The summed E-state index contributed by atoms with van der Waals surface area (Å²) in [6.45, 7) is 3.68. The van der Waals surface area contributed by atoms with E-state index in [1.807, 2.05) is 18.2 Å². The normalized spacial score (nSPS) is 14.7. The van der Waals surface area contributed by atoms with E-state index < -0.39 is 6.04 Å². The van der Waals surface area contributed by atoms with Crippen molar-refractivity contribution in [2.45, 2.75) is 64.6 Å². The average Bonchev–Trinajstić information content (AvgIpc) is 3.30. The number of aryl methyl sites for hydroxylation is 1. The fourth-order valence-electron chi connectivity index (χ4n) is 3.93. The van der Waals surface area contributed by atoms with Crippen molar-refractivity contribution in [3.63, 3.8) is 0 Å². The monoisotopic (exact) mass is 554 g/mol. The summed E-state index contributed by atoms with van der Waals surface area (Å²) < 4.78 is 6.58. The Kier molecular flexibility index (Phi) is 9.47. The minimum Gasteiger partial charge on any atom is -0.483 e. The zero-order chi connectivity index (χ0) is 24.0. The Labute approximate surface area is 213 Å². The Hall–Kier alpha value is -1.76. The van der Waals surface area contributed by atoms with Gasteiger partial charge in [0, 0.05) is 28.2 Å². The molecule has 0 saturated heterocycles. The van der Waals surface area contributed by atoms with Crippen molar-refractivity contribution in [1.29, 1.82) is 0 Å². The molecule has 0 radical (unpaired) electrons. The van der Waals surface area contributed by atoms with Crippen LogP contribution in [0.3, 0.4) is 0 Å². The number of carbonyl (C=O) groups excluding carboxylic acids is 2. The first-order valence-electron chi connectivity index (χ1n) is 11.2. The molecule has 1 saturated carbocycles. The maximum atomic E-state index is 13.3. The van der Waals surface area contributed by atoms with Gasteiger partial charge in [0.15, 0.2) is 6.61 Å². The van der Waals surface area contributed by atoms with Crippen LogP contribution in [0.5, 0.6) is 5.75 Å². The number of benzene rings is 2. The van der Waals surface area contributed by atoms with Gasteiger partial charge in [-0.15, -0.1) is 0 Å². The lowest BCUT2D eigenvalue weighted by Gasteiger charge is -2.30. The molecule has 2 amide bonds. The Morgan fingerprint density at radius 1 is 1.18 bits per heavy atom. The van der Waals surface area contributed by atoms with Crippen LogP contribution in [0.25, 0.3) is 0 Å². The zero-order valence-electron chi connectivity index (χ0n) is 18.9. The minimum atomic E-state index is -0.708. The molecule has 2 aromatic carbocycles. The minimum absolute atomic E-state index is 0.107. The molecule has 0 spiro atoms. The van der Waals surface area contributed by atoms with E-state index in [9.17, 15) is 9.59 Å². The highest BCUT2D eigenvalue weighted by Crippen LogP contribution is 2.28. The van der Waals surface area contributed by atoms with Gasteiger partial charge in [0.2, 0.25) is 5.91 Å². The van der Waals surface area contributed by atoms with Gasteiger partial charge in [0.05, 0.1) is 4.47 Å². The summed E-state index contributed by atoms with van der Waals surface area (Å²) in [5.74, 6) is 0.0535. The molecule has 1 unspecified atom stereocenters. The van der Waals surface area contributed by atoms with Gasteiger partial charge in [-0.05, 0) is 71.9 Å². The molecule has 178 valence electrons. The molecule has 0 aromatic heterocycles. The Bertz CT molecular complexity index is 975. The number of nitrogens with one attached hydrogen (secondary N) is 1. The van der Waals surface area contributed by atoms with Crippen LogP contribution in [0.4, 0.5) is 0 Å². The number of ether oxygens (including phenoxy) is 1. The van der Waals surface area contributed by atoms with E-state index in [0.29, 0.717) is 21.4 Å². The van der Waals surface area contributed by atoms with Crippen LogP contribution in [-0.4, -0.2) is 35.4 Å². The molecule has 3 rings (SSSR count). The summed E-state index contributed by atoms with van der Waals surface area (Å²) >= 11 is 16.2. The third-order valence-corrected chi connectivity index (χ3v) is 7.34. The molecule has 1 aliphatic carbocycles. The summed E-state index contributed by atoms with van der Waals surface area (Å²) in [6, 6.07) is 10.4. The van der Waals surface area contributed by atoms with Crippen LogP contribution in [0.1, 0.15) is 50.7 Å². The largest absolute Gasteiger partial charge is 0.483 e. The van der Waals surface area contributed by atoms with E-state index in [1.54, 1.807) is 25.1 Å². The van der Waals surface area contributed by atoms with E-state index >= 15 is 0 Å². The fraction of sp³-hybridized carbons (Fsp3) is 0.440. The lowest BCUT2D eigenvalue weighted by molar-refractivity contribution is -0.142. The summed E-state index contributed by atoms with van der Waals surface area (Å²) in [5.41, 5.74) is 1.76. The second-order valence-electron chi connectivity index (χ2n) is 8.29. The van der Waals surface area contributed by atoms with Crippen molar-refractivity contribution in [3.8, 4) is 5.75 Å². The highest BCUT2D eigenvalue weighted by Gasteiger charge is 2.29. The zero-order valence-corrected chi connectivity index (χ0v) is 22.0. The predicted molar refractivity (Wildman–Crippen MR) is 136 cm³/mol. The molecule has 1 N–H and O–H groups in total. The second kappa shape index (κ2) is 12.1. The van der Waals surface area contributed by atoms with E-state index in [2.05, 4.69) is 28.2 Å². The predicted octanol–water partition coefficient (Wildman–Crippen LogP) is 6.17. The molecule has 33 heavy (non-hydrogen) atoms. The molecule has 0 heterocycles. The molecular formula is C25H29BrCl2N2O3. The lowest BCUT2D eigenvalue weighted by Crippen LogP contribution is -2.50. The smallest absolute Gasteiger partial charge is 0.261 e. The SMILES string of the molecule is CCc1ccc(OCC(=O)N(Cc2c(Cl)cccc2Cl)C(C)C(=O)NC2CCCC2)c(Br)c1. The Morgan fingerprint density at radius 2 is 1.85 bits per heavy atom. The van der Waals surface area contributed by atoms with Gasteiger partial charge in [0.25, 0.3) is 5.91 Å². The van der Waals surface area contributed by atoms with Crippen molar-refractivity contribution < 1.29 is 14.3 Å². The van der Waals surface area contributed by atoms with E-state index in [4.69, 9.17) is 27.9 Å². The van der Waals surface area contributed by atoms with Gasteiger partial charge in [-0.1, -0.05) is 55.1 Å². The first-order chi connectivity index (χ1) is 15.8. The van der Waals surface area contributed by atoms with Crippen LogP contribution in [-0.2, 0) is 22.6 Å². The molecule has 5 nitrogen and oxygen atoms in total. The van der Waals surface area contributed by atoms with Gasteiger partial charge in [-0.3, -0.25) is 9.59 Å². The molecule has 1 aliphatic rings. The number of halogens is 3.